The van der Waals surface area contributed by atoms with Gasteiger partial charge in [-0.3, -0.25) is 9.59 Å². The molecule has 1 aliphatic rings. The maximum Gasteiger partial charge on any atom is 0.261 e. The van der Waals surface area contributed by atoms with Gasteiger partial charge in [-0.25, -0.2) is 0 Å². The molecule has 0 saturated heterocycles. The summed E-state index contributed by atoms with van der Waals surface area (Å²) in [7, 11) is 0. The van der Waals surface area contributed by atoms with Crippen LogP contribution in [0.4, 0.5) is 0 Å². The summed E-state index contributed by atoms with van der Waals surface area (Å²) in [6, 6.07) is 14.5. The minimum Gasteiger partial charge on any atom is -0.393 e. The molecular formula is C24H27NO4. The molecule has 2 atom stereocenters. The fourth-order valence-corrected chi connectivity index (χ4v) is 3.64. The maximum atomic E-state index is 13.4. The van der Waals surface area contributed by atoms with Crippen LogP contribution in [0.25, 0.3) is 5.70 Å². The van der Waals surface area contributed by atoms with Crippen molar-refractivity contribution in [3.63, 3.8) is 0 Å². The van der Waals surface area contributed by atoms with Crippen molar-refractivity contribution in [2.75, 3.05) is 0 Å². The number of rotatable bonds is 6. The third kappa shape index (κ3) is 4.02. The standard InChI is InChI=1S/C24H27NO4/c1-14(2)18-6-5-7-19(12-18)21-20(22(27)17-10-8-15(3)9-11-17)24(29,13-16(4)26)23(28)25-21/h5-12,14,16,26,29H,13H2,1-4H3,(H,25,28). The molecule has 3 N–H and O–H groups in total. The summed E-state index contributed by atoms with van der Waals surface area (Å²) in [5.41, 5.74) is 1.27. The molecule has 2 aromatic carbocycles. The average Bonchev–Trinajstić information content (AvgIpc) is 2.92. The van der Waals surface area contributed by atoms with E-state index in [0.29, 0.717) is 16.8 Å². The van der Waals surface area contributed by atoms with Crippen molar-refractivity contribution in [1.29, 1.82) is 0 Å². The third-order valence-corrected chi connectivity index (χ3v) is 5.25. The van der Waals surface area contributed by atoms with Crippen molar-refractivity contribution in [3.8, 4) is 0 Å². The highest BCUT2D eigenvalue weighted by Gasteiger charge is 2.51. The highest BCUT2D eigenvalue weighted by Crippen LogP contribution is 2.38. The van der Waals surface area contributed by atoms with E-state index >= 15 is 0 Å². The number of hydrogen-bond donors (Lipinski definition) is 3. The zero-order valence-corrected chi connectivity index (χ0v) is 17.2. The Bertz CT molecular complexity index is 973. The summed E-state index contributed by atoms with van der Waals surface area (Å²) in [4.78, 5) is 26.2. The van der Waals surface area contributed by atoms with E-state index in [1.807, 2.05) is 37.3 Å². The first-order valence-electron chi connectivity index (χ1n) is 9.82. The number of benzene rings is 2. The van der Waals surface area contributed by atoms with Gasteiger partial charge in [-0.2, -0.15) is 0 Å². The summed E-state index contributed by atoms with van der Waals surface area (Å²) < 4.78 is 0. The van der Waals surface area contributed by atoms with Gasteiger partial charge in [0, 0.05) is 12.0 Å². The van der Waals surface area contributed by atoms with Gasteiger partial charge in [-0.15, -0.1) is 0 Å². The molecule has 0 aromatic heterocycles. The van der Waals surface area contributed by atoms with Crippen molar-refractivity contribution in [3.05, 3.63) is 76.4 Å². The summed E-state index contributed by atoms with van der Waals surface area (Å²) in [5, 5.41) is 23.8. The molecule has 0 spiro atoms. The van der Waals surface area contributed by atoms with Crippen LogP contribution >= 0.6 is 0 Å². The van der Waals surface area contributed by atoms with E-state index < -0.39 is 23.4 Å². The molecule has 29 heavy (non-hydrogen) atoms. The fraction of sp³-hybridized carbons (Fsp3) is 0.333. The van der Waals surface area contributed by atoms with Crippen molar-refractivity contribution < 1.29 is 19.8 Å². The predicted molar refractivity (Wildman–Crippen MR) is 112 cm³/mol. The van der Waals surface area contributed by atoms with Crippen molar-refractivity contribution >= 4 is 17.4 Å². The second-order valence-electron chi connectivity index (χ2n) is 8.09. The molecule has 1 amide bonds. The van der Waals surface area contributed by atoms with E-state index in [0.717, 1.165) is 11.1 Å². The molecule has 152 valence electrons. The lowest BCUT2D eigenvalue weighted by Gasteiger charge is -2.24. The minimum absolute atomic E-state index is 0.0202. The van der Waals surface area contributed by atoms with Crippen molar-refractivity contribution in [2.24, 2.45) is 0 Å². The second-order valence-corrected chi connectivity index (χ2v) is 8.09. The molecule has 0 saturated carbocycles. The number of nitrogens with one attached hydrogen (secondary N) is 1. The number of aryl methyl sites for hydroxylation is 1. The Morgan fingerprint density at radius 2 is 1.76 bits per heavy atom. The molecule has 2 aromatic rings. The lowest BCUT2D eigenvalue weighted by atomic mass is 9.83. The molecule has 1 heterocycles. The first kappa shape index (κ1) is 21.0. The van der Waals surface area contributed by atoms with E-state index in [-0.39, 0.29) is 17.9 Å². The van der Waals surface area contributed by atoms with Gasteiger partial charge >= 0.3 is 0 Å². The van der Waals surface area contributed by atoms with Crippen LogP contribution in [0.1, 0.15) is 60.2 Å². The van der Waals surface area contributed by atoms with E-state index in [1.54, 1.807) is 18.2 Å². The Morgan fingerprint density at radius 1 is 1.10 bits per heavy atom. The molecule has 0 aliphatic carbocycles. The summed E-state index contributed by atoms with van der Waals surface area (Å²) in [5.74, 6) is -0.865. The molecule has 0 fully saturated rings. The zero-order valence-electron chi connectivity index (χ0n) is 17.2. The molecule has 3 rings (SSSR count). The SMILES string of the molecule is Cc1ccc(C(=O)C2=C(c3cccc(C(C)C)c3)NC(=O)C2(O)CC(C)O)cc1. The van der Waals surface area contributed by atoms with Gasteiger partial charge in [-0.05, 0) is 37.0 Å². The third-order valence-electron chi connectivity index (χ3n) is 5.25. The zero-order chi connectivity index (χ0) is 21.3. The fourth-order valence-electron chi connectivity index (χ4n) is 3.64. The summed E-state index contributed by atoms with van der Waals surface area (Å²) in [6.07, 6.45) is -1.23. The number of hydrogen-bond acceptors (Lipinski definition) is 4. The first-order chi connectivity index (χ1) is 13.6. The average molecular weight is 393 g/mol. The number of amides is 1. The van der Waals surface area contributed by atoms with E-state index in [1.165, 1.54) is 6.92 Å². The minimum atomic E-state index is -2.10. The summed E-state index contributed by atoms with van der Waals surface area (Å²) >= 11 is 0. The van der Waals surface area contributed by atoms with Crippen LogP contribution in [0, 0.1) is 6.92 Å². The van der Waals surface area contributed by atoms with Crippen LogP contribution in [0.15, 0.2) is 54.1 Å². The first-order valence-corrected chi connectivity index (χ1v) is 9.82. The Balaban J connectivity index is 2.21. The summed E-state index contributed by atoms with van der Waals surface area (Å²) in [6.45, 7) is 7.52. The van der Waals surface area contributed by atoms with Crippen molar-refractivity contribution in [2.45, 2.75) is 51.7 Å². The van der Waals surface area contributed by atoms with Gasteiger partial charge in [0.15, 0.2) is 11.4 Å². The number of carbonyl (C=O) groups is 2. The predicted octanol–water partition coefficient (Wildman–Crippen LogP) is 3.34. The van der Waals surface area contributed by atoms with E-state index in [4.69, 9.17) is 0 Å². The smallest absolute Gasteiger partial charge is 0.261 e. The molecule has 0 radical (unpaired) electrons. The van der Waals surface area contributed by atoms with Gasteiger partial charge < -0.3 is 15.5 Å². The van der Waals surface area contributed by atoms with Crippen LogP contribution in [-0.4, -0.2) is 33.6 Å². The second kappa shape index (κ2) is 7.93. The van der Waals surface area contributed by atoms with Crippen LogP contribution in [0.3, 0.4) is 0 Å². The number of Topliss-reactive ketones (excluding diaryl/α,β-unsaturated/α-hetero) is 1. The molecular weight excluding hydrogens is 366 g/mol. The number of aliphatic hydroxyl groups excluding tert-OH is 1. The van der Waals surface area contributed by atoms with Gasteiger partial charge in [0.05, 0.1) is 17.4 Å². The highest BCUT2D eigenvalue weighted by atomic mass is 16.3. The van der Waals surface area contributed by atoms with Crippen LogP contribution < -0.4 is 5.32 Å². The lowest BCUT2D eigenvalue weighted by Crippen LogP contribution is -2.45. The number of ketones is 1. The Hall–Kier alpha value is -2.76. The number of carbonyl (C=O) groups excluding carboxylic acids is 2. The molecule has 2 unspecified atom stereocenters. The van der Waals surface area contributed by atoms with Gasteiger partial charge in [0.1, 0.15) is 0 Å². The molecule has 0 bridgehead atoms. The Labute approximate surface area is 171 Å². The largest absolute Gasteiger partial charge is 0.393 e. The molecule has 5 heteroatoms. The number of aliphatic hydroxyl groups is 2. The highest BCUT2D eigenvalue weighted by molar-refractivity contribution is 6.22. The van der Waals surface area contributed by atoms with Crippen LogP contribution in [0.2, 0.25) is 0 Å². The topological polar surface area (TPSA) is 86.6 Å². The normalized spacial score (nSPS) is 20.2. The van der Waals surface area contributed by atoms with Crippen LogP contribution in [-0.2, 0) is 4.79 Å². The van der Waals surface area contributed by atoms with Gasteiger partial charge in [0.25, 0.3) is 5.91 Å². The van der Waals surface area contributed by atoms with E-state index in [2.05, 4.69) is 19.2 Å². The van der Waals surface area contributed by atoms with Gasteiger partial charge in [0.2, 0.25) is 0 Å². The van der Waals surface area contributed by atoms with Crippen molar-refractivity contribution in [1.82, 2.24) is 5.32 Å². The van der Waals surface area contributed by atoms with E-state index in [9.17, 15) is 19.8 Å². The maximum absolute atomic E-state index is 13.4. The monoisotopic (exact) mass is 393 g/mol. The quantitative estimate of drug-likeness (QED) is 0.657. The lowest BCUT2D eigenvalue weighted by molar-refractivity contribution is -0.135. The molecule has 5 nitrogen and oxygen atoms in total. The Kier molecular flexibility index (Phi) is 5.73. The Morgan fingerprint density at radius 3 is 2.34 bits per heavy atom. The van der Waals surface area contributed by atoms with Crippen LogP contribution in [0.5, 0.6) is 0 Å². The molecule has 1 aliphatic heterocycles. The van der Waals surface area contributed by atoms with Gasteiger partial charge in [-0.1, -0.05) is 61.9 Å².